The Hall–Kier alpha value is -3.20. The van der Waals surface area contributed by atoms with Crippen LogP contribution >= 0.6 is 11.6 Å². The molecule has 2 N–H and O–H groups in total. The fraction of sp³-hybridized carbons (Fsp3) is 0.278. The number of ketones is 1. The maximum absolute atomic E-state index is 12.8. The number of nitrogen functional groups attached to an aromatic ring is 1. The van der Waals surface area contributed by atoms with Gasteiger partial charge in [0.2, 0.25) is 0 Å². The molecule has 28 heavy (non-hydrogen) atoms. The number of hydrogen-bond acceptors (Lipinski definition) is 6. The summed E-state index contributed by atoms with van der Waals surface area (Å²) >= 11 is 5.93. The number of benzene rings is 1. The first-order valence-electron chi connectivity index (χ1n) is 8.53. The number of nitrogens with zero attached hydrogens (tertiary/aromatic N) is 4. The van der Waals surface area contributed by atoms with Gasteiger partial charge >= 0.3 is 5.69 Å². The van der Waals surface area contributed by atoms with Crippen molar-refractivity contribution in [3.63, 3.8) is 0 Å². The number of fused-ring (bicyclic) bond motifs is 1. The van der Waals surface area contributed by atoms with Gasteiger partial charge in [-0.1, -0.05) is 18.5 Å². The number of nitrogens with two attached hydrogens (primary N) is 1. The monoisotopic (exact) mass is 403 g/mol. The zero-order valence-electron chi connectivity index (χ0n) is 15.3. The van der Waals surface area contributed by atoms with Gasteiger partial charge in [0, 0.05) is 18.6 Å². The van der Waals surface area contributed by atoms with Crippen LogP contribution in [-0.4, -0.2) is 24.5 Å². The number of anilines is 1. The van der Waals surface area contributed by atoms with Crippen molar-refractivity contribution in [1.29, 1.82) is 0 Å². The first-order valence-corrected chi connectivity index (χ1v) is 8.91. The molecule has 0 saturated heterocycles. The standard InChI is InChI=1S/C18H18ClN5O4/c1-3-6-24-15(20)14(17(27)22(2)18(24)28)13(25)8-23-9-21-12-5-4-10(19)7-11(12)16(23)26/h4-5,7,9H,3,6,8,20H2,1-2H3. The third kappa shape index (κ3) is 3.24. The number of halogens is 1. The van der Waals surface area contributed by atoms with Gasteiger partial charge in [0.1, 0.15) is 11.4 Å². The SMILES string of the molecule is CCCn1c(N)c(C(=O)Cn2cnc3ccc(Cl)cc3c2=O)c(=O)n(C)c1=O. The number of aromatic nitrogens is 4. The molecular formula is C18H18ClN5O4. The Balaban J connectivity index is 2.11. The number of carbonyl (C=O) groups excluding carboxylic acids is 1. The highest BCUT2D eigenvalue weighted by Gasteiger charge is 2.22. The van der Waals surface area contributed by atoms with E-state index in [2.05, 4.69) is 4.98 Å². The molecule has 2 aromatic heterocycles. The maximum atomic E-state index is 12.8. The van der Waals surface area contributed by atoms with Crippen molar-refractivity contribution in [2.24, 2.45) is 7.05 Å². The lowest BCUT2D eigenvalue weighted by Gasteiger charge is -2.14. The zero-order chi connectivity index (χ0) is 20.6. The lowest BCUT2D eigenvalue weighted by atomic mass is 10.1. The molecule has 0 unspecified atom stereocenters. The van der Waals surface area contributed by atoms with Crippen LogP contribution in [0.1, 0.15) is 23.7 Å². The van der Waals surface area contributed by atoms with Crippen molar-refractivity contribution in [2.45, 2.75) is 26.4 Å². The molecular weight excluding hydrogens is 386 g/mol. The zero-order valence-corrected chi connectivity index (χ0v) is 16.1. The molecule has 0 aliphatic rings. The number of carbonyl (C=O) groups is 1. The lowest BCUT2D eigenvalue weighted by molar-refractivity contribution is 0.0968. The smallest absolute Gasteiger partial charge is 0.332 e. The molecule has 0 amide bonds. The first-order chi connectivity index (χ1) is 13.3. The molecule has 146 valence electrons. The Morgan fingerprint density at radius 3 is 2.61 bits per heavy atom. The Bertz CT molecular complexity index is 1270. The minimum absolute atomic E-state index is 0.204. The van der Waals surface area contributed by atoms with E-state index in [1.165, 1.54) is 24.0 Å². The van der Waals surface area contributed by atoms with Gasteiger partial charge in [-0.2, -0.15) is 0 Å². The van der Waals surface area contributed by atoms with Crippen LogP contribution in [-0.2, 0) is 20.1 Å². The summed E-state index contributed by atoms with van der Waals surface area (Å²) in [5.74, 6) is -0.891. The van der Waals surface area contributed by atoms with Crippen LogP contribution in [0, 0.1) is 0 Å². The van der Waals surface area contributed by atoms with Gasteiger partial charge in [-0.3, -0.25) is 28.1 Å². The van der Waals surface area contributed by atoms with Gasteiger partial charge in [0.05, 0.1) is 23.8 Å². The third-order valence-corrected chi connectivity index (χ3v) is 4.64. The van der Waals surface area contributed by atoms with Gasteiger partial charge in [-0.25, -0.2) is 9.78 Å². The summed E-state index contributed by atoms with van der Waals surface area (Å²) in [5.41, 5.74) is 4.19. The van der Waals surface area contributed by atoms with Gasteiger partial charge < -0.3 is 5.73 Å². The van der Waals surface area contributed by atoms with Crippen LogP contribution in [0.25, 0.3) is 10.9 Å². The summed E-state index contributed by atoms with van der Waals surface area (Å²) in [6, 6.07) is 4.66. The van der Waals surface area contributed by atoms with E-state index in [1.54, 1.807) is 12.1 Å². The number of hydrogen-bond donors (Lipinski definition) is 1. The molecule has 0 spiro atoms. The van der Waals surface area contributed by atoms with Crippen molar-refractivity contribution in [1.82, 2.24) is 18.7 Å². The van der Waals surface area contributed by atoms with E-state index >= 15 is 0 Å². The summed E-state index contributed by atoms with van der Waals surface area (Å²) in [7, 11) is 1.28. The Morgan fingerprint density at radius 1 is 1.21 bits per heavy atom. The second kappa shape index (κ2) is 7.43. The number of Topliss-reactive ketones (excluding diaryl/α,β-unsaturated/α-hetero) is 1. The molecule has 9 nitrogen and oxygen atoms in total. The Morgan fingerprint density at radius 2 is 1.93 bits per heavy atom. The fourth-order valence-electron chi connectivity index (χ4n) is 2.96. The maximum Gasteiger partial charge on any atom is 0.332 e. The molecule has 0 aliphatic carbocycles. The summed E-state index contributed by atoms with van der Waals surface area (Å²) in [4.78, 5) is 54.3. The van der Waals surface area contributed by atoms with Gasteiger partial charge in [0.25, 0.3) is 11.1 Å². The van der Waals surface area contributed by atoms with Gasteiger partial charge in [-0.15, -0.1) is 0 Å². The second-order valence-electron chi connectivity index (χ2n) is 6.32. The second-order valence-corrected chi connectivity index (χ2v) is 6.76. The molecule has 3 rings (SSSR count). The number of rotatable bonds is 5. The molecule has 0 atom stereocenters. The summed E-state index contributed by atoms with van der Waals surface area (Å²) in [6.07, 6.45) is 1.81. The van der Waals surface area contributed by atoms with Crippen LogP contribution in [0.15, 0.2) is 38.9 Å². The molecule has 1 aromatic carbocycles. The van der Waals surface area contributed by atoms with E-state index in [0.29, 0.717) is 17.0 Å². The highest BCUT2D eigenvalue weighted by Crippen LogP contribution is 2.14. The van der Waals surface area contributed by atoms with Crippen LogP contribution in [0.5, 0.6) is 0 Å². The predicted molar refractivity (Wildman–Crippen MR) is 106 cm³/mol. The Kier molecular flexibility index (Phi) is 5.19. The summed E-state index contributed by atoms with van der Waals surface area (Å²) in [5, 5.41) is 0.611. The molecule has 0 fully saturated rings. The third-order valence-electron chi connectivity index (χ3n) is 4.41. The van der Waals surface area contributed by atoms with E-state index in [0.717, 1.165) is 9.13 Å². The van der Waals surface area contributed by atoms with Crippen LogP contribution < -0.4 is 22.5 Å². The topological polar surface area (TPSA) is 122 Å². The largest absolute Gasteiger partial charge is 0.384 e. The highest BCUT2D eigenvalue weighted by atomic mass is 35.5. The van der Waals surface area contributed by atoms with Crippen molar-refractivity contribution < 1.29 is 4.79 Å². The lowest BCUT2D eigenvalue weighted by Crippen LogP contribution is -2.43. The average molecular weight is 404 g/mol. The van der Waals surface area contributed by atoms with Gasteiger partial charge in [0.15, 0.2) is 5.78 Å². The molecule has 10 heteroatoms. The van der Waals surface area contributed by atoms with Crippen LogP contribution in [0.3, 0.4) is 0 Å². The van der Waals surface area contributed by atoms with Crippen molar-refractivity contribution in [2.75, 3.05) is 5.73 Å². The summed E-state index contributed by atoms with van der Waals surface area (Å²) < 4.78 is 3.09. The van der Waals surface area contributed by atoms with Crippen LogP contribution in [0.2, 0.25) is 5.02 Å². The fourth-order valence-corrected chi connectivity index (χ4v) is 3.13. The van der Waals surface area contributed by atoms with Crippen molar-refractivity contribution in [3.05, 3.63) is 66.3 Å². The molecule has 2 heterocycles. The average Bonchev–Trinajstić information content (AvgIpc) is 2.66. The van der Waals surface area contributed by atoms with Crippen LogP contribution in [0.4, 0.5) is 5.82 Å². The van der Waals surface area contributed by atoms with E-state index in [4.69, 9.17) is 17.3 Å². The minimum Gasteiger partial charge on any atom is -0.384 e. The molecule has 0 aliphatic heterocycles. The predicted octanol–water partition coefficient (Wildman–Crippen LogP) is 0.785. The minimum atomic E-state index is -0.801. The van der Waals surface area contributed by atoms with E-state index in [1.807, 2.05) is 6.92 Å². The molecule has 0 saturated carbocycles. The quantitative estimate of drug-likeness (QED) is 0.628. The van der Waals surface area contributed by atoms with Crippen molar-refractivity contribution in [3.8, 4) is 0 Å². The first kappa shape index (κ1) is 19.6. The Labute approximate surface area is 163 Å². The van der Waals surface area contributed by atoms with E-state index in [-0.39, 0.29) is 23.3 Å². The molecule has 3 aromatic rings. The van der Waals surface area contributed by atoms with Crippen molar-refractivity contribution >= 4 is 34.1 Å². The molecule has 0 radical (unpaired) electrons. The highest BCUT2D eigenvalue weighted by molar-refractivity contribution is 6.31. The molecule has 0 bridgehead atoms. The van der Waals surface area contributed by atoms with Gasteiger partial charge in [-0.05, 0) is 24.6 Å². The normalized spacial score (nSPS) is 11.1. The summed E-state index contributed by atoms with van der Waals surface area (Å²) in [6.45, 7) is 1.65. The van der Waals surface area contributed by atoms with E-state index < -0.39 is 29.1 Å². The van der Waals surface area contributed by atoms with E-state index in [9.17, 15) is 19.2 Å².